The van der Waals surface area contributed by atoms with Gasteiger partial charge >= 0.3 is 0 Å². The van der Waals surface area contributed by atoms with E-state index in [1.54, 1.807) is 14.2 Å². The third kappa shape index (κ3) is 4.36. The van der Waals surface area contributed by atoms with Crippen LogP contribution in [0.2, 0.25) is 0 Å². The van der Waals surface area contributed by atoms with E-state index in [-0.39, 0.29) is 11.9 Å². The van der Waals surface area contributed by atoms with Gasteiger partial charge in [-0.2, -0.15) is 0 Å². The van der Waals surface area contributed by atoms with Crippen LogP contribution in [-0.2, 0) is 11.2 Å². The van der Waals surface area contributed by atoms with Gasteiger partial charge in [0.2, 0.25) is 5.91 Å². The van der Waals surface area contributed by atoms with E-state index in [0.717, 1.165) is 31.2 Å². The average Bonchev–Trinajstić information content (AvgIpc) is 2.49. The maximum Gasteiger partial charge on any atom is 0.224 e. The van der Waals surface area contributed by atoms with Crippen molar-refractivity contribution in [3.8, 4) is 11.5 Å². The molecule has 116 valence electrons. The Balaban J connectivity index is 1.90. The summed E-state index contributed by atoms with van der Waals surface area (Å²) in [6.45, 7) is 0. The molecule has 1 fully saturated rings. The first kappa shape index (κ1) is 15.6. The third-order valence-corrected chi connectivity index (χ3v) is 3.95. The van der Waals surface area contributed by atoms with Gasteiger partial charge in [-0.25, -0.2) is 0 Å². The SMILES string of the molecule is COc1ccc(CC(=O)NC2CCC(N)CC2)cc1OC. The quantitative estimate of drug-likeness (QED) is 0.865. The Morgan fingerprint density at radius 3 is 2.48 bits per heavy atom. The van der Waals surface area contributed by atoms with Crippen LogP contribution in [0.1, 0.15) is 31.2 Å². The molecule has 0 heterocycles. The van der Waals surface area contributed by atoms with Crippen LogP contribution < -0.4 is 20.5 Å². The highest BCUT2D eigenvalue weighted by Gasteiger charge is 2.20. The normalized spacial score (nSPS) is 21.7. The number of rotatable bonds is 5. The number of carbonyl (C=O) groups is 1. The summed E-state index contributed by atoms with van der Waals surface area (Å²) in [6.07, 6.45) is 4.27. The number of ether oxygens (including phenoxy) is 2. The first-order chi connectivity index (χ1) is 10.1. The molecule has 5 nitrogen and oxygen atoms in total. The maximum atomic E-state index is 12.1. The number of carbonyl (C=O) groups excluding carboxylic acids is 1. The van der Waals surface area contributed by atoms with Crippen LogP contribution in [0.4, 0.5) is 0 Å². The number of hydrogen-bond acceptors (Lipinski definition) is 4. The number of benzene rings is 1. The molecule has 0 spiro atoms. The van der Waals surface area contributed by atoms with Crippen LogP contribution in [-0.4, -0.2) is 32.2 Å². The van der Waals surface area contributed by atoms with Crippen LogP contribution in [0.25, 0.3) is 0 Å². The first-order valence-corrected chi connectivity index (χ1v) is 7.38. The number of nitrogens with two attached hydrogens (primary N) is 1. The molecule has 0 aliphatic heterocycles. The monoisotopic (exact) mass is 292 g/mol. The first-order valence-electron chi connectivity index (χ1n) is 7.38. The largest absolute Gasteiger partial charge is 0.493 e. The lowest BCUT2D eigenvalue weighted by atomic mass is 9.91. The van der Waals surface area contributed by atoms with Gasteiger partial charge in [0.15, 0.2) is 11.5 Å². The van der Waals surface area contributed by atoms with Crippen molar-refractivity contribution in [2.45, 2.75) is 44.2 Å². The van der Waals surface area contributed by atoms with Gasteiger partial charge in [-0.05, 0) is 43.4 Å². The molecule has 1 saturated carbocycles. The molecule has 0 bridgehead atoms. The standard InChI is InChI=1S/C16H24N2O3/c1-20-14-8-3-11(9-15(14)21-2)10-16(19)18-13-6-4-12(17)5-7-13/h3,8-9,12-13H,4-7,10,17H2,1-2H3,(H,18,19). The summed E-state index contributed by atoms with van der Waals surface area (Å²) in [5.74, 6) is 1.36. The van der Waals surface area contributed by atoms with Crippen LogP contribution in [0.15, 0.2) is 18.2 Å². The van der Waals surface area contributed by atoms with Crippen molar-refractivity contribution in [1.82, 2.24) is 5.32 Å². The fourth-order valence-corrected chi connectivity index (χ4v) is 2.72. The predicted octanol–water partition coefficient (Wildman–Crippen LogP) is 1.63. The summed E-state index contributed by atoms with van der Waals surface area (Å²) < 4.78 is 10.4. The van der Waals surface area contributed by atoms with Crippen molar-refractivity contribution in [2.75, 3.05) is 14.2 Å². The molecule has 1 aromatic carbocycles. The van der Waals surface area contributed by atoms with Gasteiger partial charge < -0.3 is 20.5 Å². The average molecular weight is 292 g/mol. The summed E-state index contributed by atoms with van der Waals surface area (Å²) in [4.78, 5) is 12.1. The van der Waals surface area contributed by atoms with Crippen molar-refractivity contribution < 1.29 is 14.3 Å². The predicted molar refractivity (Wildman–Crippen MR) is 81.6 cm³/mol. The van der Waals surface area contributed by atoms with E-state index in [1.165, 1.54) is 0 Å². The lowest BCUT2D eigenvalue weighted by Gasteiger charge is -2.26. The molecule has 1 aromatic rings. The van der Waals surface area contributed by atoms with Gasteiger partial charge in [0.1, 0.15) is 0 Å². The van der Waals surface area contributed by atoms with E-state index in [1.807, 2.05) is 18.2 Å². The zero-order chi connectivity index (χ0) is 15.2. The molecule has 1 aliphatic rings. The van der Waals surface area contributed by atoms with Gasteiger partial charge in [0, 0.05) is 12.1 Å². The molecule has 0 atom stereocenters. The van der Waals surface area contributed by atoms with Gasteiger partial charge in [0.25, 0.3) is 0 Å². The zero-order valence-corrected chi connectivity index (χ0v) is 12.7. The number of nitrogens with one attached hydrogen (secondary N) is 1. The summed E-state index contributed by atoms with van der Waals surface area (Å²) >= 11 is 0. The van der Waals surface area contributed by atoms with Crippen molar-refractivity contribution in [2.24, 2.45) is 5.73 Å². The fraction of sp³-hybridized carbons (Fsp3) is 0.562. The molecule has 2 rings (SSSR count). The molecular formula is C16H24N2O3. The van der Waals surface area contributed by atoms with Crippen LogP contribution >= 0.6 is 0 Å². The smallest absolute Gasteiger partial charge is 0.224 e. The summed E-state index contributed by atoms with van der Waals surface area (Å²) in [5.41, 5.74) is 6.79. The van der Waals surface area contributed by atoms with Crippen LogP contribution in [0.5, 0.6) is 11.5 Å². The molecule has 0 saturated heterocycles. The van der Waals surface area contributed by atoms with Gasteiger partial charge in [-0.1, -0.05) is 6.07 Å². The van der Waals surface area contributed by atoms with Gasteiger partial charge in [-0.15, -0.1) is 0 Å². The van der Waals surface area contributed by atoms with E-state index in [4.69, 9.17) is 15.2 Å². The van der Waals surface area contributed by atoms with Crippen LogP contribution in [0, 0.1) is 0 Å². The second-order valence-electron chi connectivity index (χ2n) is 5.55. The lowest BCUT2D eigenvalue weighted by molar-refractivity contribution is -0.121. The lowest BCUT2D eigenvalue weighted by Crippen LogP contribution is -2.41. The Morgan fingerprint density at radius 2 is 1.86 bits per heavy atom. The van der Waals surface area contributed by atoms with Crippen molar-refractivity contribution >= 4 is 5.91 Å². The summed E-state index contributed by atoms with van der Waals surface area (Å²) in [5, 5.41) is 3.09. The van der Waals surface area contributed by atoms with Crippen molar-refractivity contribution in [3.05, 3.63) is 23.8 Å². The molecule has 1 aliphatic carbocycles. The number of methoxy groups -OCH3 is 2. The van der Waals surface area contributed by atoms with E-state index in [9.17, 15) is 4.79 Å². The number of amides is 1. The van der Waals surface area contributed by atoms with E-state index >= 15 is 0 Å². The van der Waals surface area contributed by atoms with E-state index in [0.29, 0.717) is 24.0 Å². The highest BCUT2D eigenvalue weighted by Crippen LogP contribution is 2.27. The minimum absolute atomic E-state index is 0.0442. The van der Waals surface area contributed by atoms with Gasteiger partial charge in [0.05, 0.1) is 20.6 Å². The summed E-state index contributed by atoms with van der Waals surface area (Å²) in [7, 11) is 3.19. The molecule has 1 amide bonds. The Morgan fingerprint density at radius 1 is 1.19 bits per heavy atom. The van der Waals surface area contributed by atoms with E-state index < -0.39 is 0 Å². The Labute approximate surface area is 125 Å². The molecular weight excluding hydrogens is 268 g/mol. The highest BCUT2D eigenvalue weighted by atomic mass is 16.5. The number of hydrogen-bond donors (Lipinski definition) is 2. The fourth-order valence-electron chi connectivity index (χ4n) is 2.72. The van der Waals surface area contributed by atoms with Crippen LogP contribution in [0.3, 0.4) is 0 Å². The second kappa shape index (κ2) is 7.31. The molecule has 0 aromatic heterocycles. The van der Waals surface area contributed by atoms with Crippen molar-refractivity contribution in [1.29, 1.82) is 0 Å². The topological polar surface area (TPSA) is 73.6 Å². The molecule has 3 N–H and O–H groups in total. The Kier molecular flexibility index (Phi) is 5.44. The molecule has 5 heteroatoms. The second-order valence-corrected chi connectivity index (χ2v) is 5.55. The Hall–Kier alpha value is -1.75. The minimum Gasteiger partial charge on any atom is -0.493 e. The molecule has 21 heavy (non-hydrogen) atoms. The molecule has 0 radical (unpaired) electrons. The van der Waals surface area contributed by atoms with Gasteiger partial charge in [-0.3, -0.25) is 4.79 Å². The van der Waals surface area contributed by atoms with Crippen molar-refractivity contribution in [3.63, 3.8) is 0 Å². The van der Waals surface area contributed by atoms with E-state index in [2.05, 4.69) is 5.32 Å². The Bertz CT molecular complexity index is 482. The zero-order valence-electron chi connectivity index (χ0n) is 12.7. The summed E-state index contributed by atoms with van der Waals surface area (Å²) in [6, 6.07) is 6.11. The molecule has 0 unspecified atom stereocenters. The highest BCUT2D eigenvalue weighted by molar-refractivity contribution is 5.79. The third-order valence-electron chi connectivity index (χ3n) is 3.95. The minimum atomic E-state index is 0.0442. The maximum absolute atomic E-state index is 12.1.